The molecular formula is C25H30F3NO5. The van der Waals surface area contributed by atoms with E-state index in [1.165, 1.54) is 12.1 Å². The number of hydrogen-bond acceptors (Lipinski definition) is 4. The topological polar surface area (TPSA) is 95.9 Å². The highest BCUT2D eigenvalue weighted by Crippen LogP contribution is 2.29. The van der Waals surface area contributed by atoms with Crippen molar-refractivity contribution >= 4 is 12.1 Å². The van der Waals surface area contributed by atoms with E-state index in [9.17, 15) is 33.0 Å². The second-order valence-electron chi connectivity index (χ2n) is 9.18. The van der Waals surface area contributed by atoms with Gasteiger partial charge >= 0.3 is 18.2 Å². The van der Waals surface area contributed by atoms with Crippen molar-refractivity contribution in [1.29, 1.82) is 0 Å². The molecule has 2 rings (SSSR count). The number of benzene rings is 2. The molecule has 6 nitrogen and oxygen atoms in total. The summed E-state index contributed by atoms with van der Waals surface area (Å²) < 4.78 is 43.6. The van der Waals surface area contributed by atoms with Gasteiger partial charge in [0.25, 0.3) is 0 Å². The molecule has 0 saturated carbocycles. The Hall–Kier alpha value is -3.07. The van der Waals surface area contributed by atoms with E-state index < -0.39 is 47.5 Å². The number of carbonyl (C=O) groups is 2. The SMILES string of the molecule is CC(C)(C)OC(=O)NC(Cc1ccccc1)C(O)CC(Cc1ccc(C(F)(F)F)cc1)C(=O)O. The third kappa shape index (κ3) is 9.05. The van der Waals surface area contributed by atoms with E-state index in [0.29, 0.717) is 5.56 Å². The van der Waals surface area contributed by atoms with Crippen molar-refractivity contribution in [2.24, 2.45) is 5.92 Å². The van der Waals surface area contributed by atoms with Gasteiger partial charge in [-0.2, -0.15) is 13.2 Å². The maximum atomic E-state index is 12.8. The highest BCUT2D eigenvalue weighted by molar-refractivity contribution is 5.70. The summed E-state index contributed by atoms with van der Waals surface area (Å²) in [5, 5.41) is 23.2. The van der Waals surface area contributed by atoms with Gasteiger partial charge in [-0.3, -0.25) is 4.79 Å². The summed E-state index contributed by atoms with van der Waals surface area (Å²) >= 11 is 0. The Bertz CT molecular complexity index is 940. The maximum absolute atomic E-state index is 12.8. The highest BCUT2D eigenvalue weighted by Gasteiger charge is 2.32. The minimum absolute atomic E-state index is 0.0744. The number of nitrogens with one attached hydrogen (secondary N) is 1. The third-order valence-corrected chi connectivity index (χ3v) is 5.10. The van der Waals surface area contributed by atoms with E-state index >= 15 is 0 Å². The molecule has 3 N–H and O–H groups in total. The van der Waals surface area contributed by atoms with Gasteiger partial charge in [-0.05, 0) is 63.3 Å². The molecule has 0 aliphatic carbocycles. The van der Waals surface area contributed by atoms with Crippen LogP contribution in [0.5, 0.6) is 0 Å². The average molecular weight is 482 g/mol. The van der Waals surface area contributed by atoms with Crippen LogP contribution in [-0.4, -0.2) is 40.0 Å². The lowest BCUT2D eigenvalue weighted by atomic mass is 9.89. The zero-order valence-electron chi connectivity index (χ0n) is 19.3. The van der Waals surface area contributed by atoms with Crippen LogP contribution < -0.4 is 5.32 Å². The average Bonchev–Trinajstić information content (AvgIpc) is 2.71. The van der Waals surface area contributed by atoms with Gasteiger partial charge in [0.15, 0.2) is 0 Å². The second kappa shape index (κ2) is 11.4. The van der Waals surface area contributed by atoms with Crippen molar-refractivity contribution in [3.8, 4) is 0 Å². The van der Waals surface area contributed by atoms with Crippen molar-refractivity contribution in [3.05, 3.63) is 71.3 Å². The summed E-state index contributed by atoms with van der Waals surface area (Å²) in [5.74, 6) is -2.28. The number of carboxylic acids is 1. The summed E-state index contributed by atoms with van der Waals surface area (Å²) in [6, 6.07) is 12.5. The Morgan fingerprint density at radius 2 is 1.50 bits per heavy atom. The number of carboxylic acid groups (broad SMARTS) is 1. The molecule has 34 heavy (non-hydrogen) atoms. The highest BCUT2D eigenvalue weighted by atomic mass is 19.4. The second-order valence-corrected chi connectivity index (χ2v) is 9.18. The van der Waals surface area contributed by atoms with E-state index in [4.69, 9.17) is 4.74 Å². The standard InChI is InChI=1S/C25H30F3NO5/c1-24(2,3)34-23(33)29-20(14-16-7-5-4-6-8-16)21(30)15-18(22(31)32)13-17-9-11-19(12-10-17)25(26,27)28/h4-12,18,20-21,30H,13-15H2,1-3H3,(H,29,33)(H,31,32). The molecule has 0 radical (unpaired) electrons. The van der Waals surface area contributed by atoms with Gasteiger partial charge < -0.3 is 20.3 Å². The molecule has 0 aliphatic rings. The summed E-state index contributed by atoms with van der Waals surface area (Å²) in [6.45, 7) is 5.08. The van der Waals surface area contributed by atoms with Crippen LogP contribution in [0.3, 0.4) is 0 Å². The van der Waals surface area contributed by atoms with Crippen molar-refractivity contribution in [2.75, 3.05) is 0 Å². The van der Waals surface area contributed by atoms with Gasteiger partial charge in [-0.25, -0.2) is 4.79 Å². The molecule has 3 unspecified atom stereocenters. The zero-order chi connectivity index (χ0) is 25.5. The molecule has 0 aromatic heterocycles. The van der Waals surface area contributed by atoms with E-state index in [1.807, 2.05) is 18.2 Å². The van der Waals surface area contributed by atoms with Crippen LogP contribution in [0, 0.1) is 5.92 Å². The van der Waals surface area contributed by atoms with E-state index in [-0.39, 0.29) is 19.3 Å². The lowest BCUT2D eigenvalue weighted by molar-refractivity contribution is -0.143. The number of alkyl halides is 3. The molecular weight excluding hydrogens is 451 g/mol. The number of aliphatic hydroxyl groups is 1. The maximum Gasteiger partial charge on any atom is 0.416 e. The van der Waals surface area contributed by atoms with Gasteiger partial charge in [0.05, 0.1) is 23.6 Å². The fourth-order valence-electron chi connectivity index (χ4n) is 3.45. The first-order chi connectivity index (χ1) is 15.7. The van der Waals surface area contributed by atoms with E-state index in [1.54, 1.807) is 32.9 Å². The zero-order valence-corrected chi connectivity index (χ0v) is 19.3. The number of carbonyl (C=O) groups excluding carboxylic acids is 1. The van der Waals surface area contributed by atoms with Crippen molar-refractivity contribution in [2.45, 2.75) is 64.0 Å². The molecule has 3 atom stereocenters. The monoisotopic (exact) mass is 481 g/mol. The Kier molecular flexibility index (Phi) is 9.09. The van der Waals surface area contributed by atoms with E-state index in [2.05, 4.69) is 5.32 Å². The Morgan fingerprint density at radius 1 is 0.941 bits per heavy atom. The summed E-state index contributed by atoms with van der Waals surface area (Å²) in [5.41, 5.74) is -0.379. The van der Waals surface area contributed by atoms with Crippen LogP contribution in [0.1, 0.15) is 43.9 Å². The van der Waals surface area contributed by atoms with Crippen molar-refractivity contribution in [3.63, 3.8) is 0 Å². The van der Waals surface area contributed by atoms with Crippen LogP contribution in [0.15, 0.2) is 54.6 Å². The van der Waals surface area contributed by atoms with Crippen LogP contribution in [-0.2, 0) is 28.5 Å². The van der Waals surface area contributed by atoms with Gasteiger partial charge in [-0.1, -0.05) is 42.5 Å². The molecule has 0 bridgehead atoms. The molecule has 1 amide bonds. The normalized spacial score (nSPS) is 14.7. The lowest BCUT2D eigenvalue weighted by Crippen LogP contribution is -2.47. The van der Waals surface area contributed by atoms with E-state index in [0.717, 1.165) is 17.7 Å². The van der Waals surface area contributed by atoms with Crippen molar-refractivity contribution < 1.29 is 37.7 Å². The lowest BCUT2D eigenvalue weighted by Gasteiger charge is -2.28. The molecule has 9 heteroatoms. The number of aliphatic carboxylic acids is 1. The number of rotatable bonds is 9. The molecule has 2 aromatic carbocycles. The largest absolute Gasteiger partial charge is 0.481 e. The Morgan fingerprint density at radius 3 is 2.00 bits per heavy atom. The van der Waals surface area contributed by atoms with Gasteiger partial charge in [-0.15, -0.1) is 0 Å². The Labute approximate surface area is 196 Å². The molecule has 0 spiro atoms. The number of alkyl carbamates (subject to hydrolysis) is 1. The van der Waals surface area contributed by atoms with Crippen LogP contribution in [0.25, 0.3) is 0 Å². The molecule has 0 heterocycles. The molecule has 0 aliphatic heterocycles. The smallest absolute Gasteiger partial charge is 0.416 e. The first kappa shape index (κ1) is 27.2. The number of ether oxygens (including phenoxy) is 1. The predicted molar refractivity (Wildman–Crippen MR) is 120 cm³/mol. The quantitative estimate of drug-likeness (QED) is 0.477. The summed E-state index contributed by atoms with van der Waals surface area (Å²) in [6.07, 6.45) is -6.55. The minimum Gasteiger partial charge on any atom is -0.481 e. The van der Waals surface area contributed by atoms with Crippen molar-refractivity contribution in [1.82, 2.24) is 5.32 Å². The summed E-state index contributed by atoms with van der Waals surface area (Å²) in [7, 11) is 0. The predicted octanol–water partition coefficient (Wildman–Crippen LogP) is 4.84. The fourth-order valence-corrected chi connectivity index (χ4v) is 3.45. The third-order valence-electron chi connectivity index (χ3n) is 5.10. The van der Waals surface area contributed by atoms with Gasteiger partial charge in [0, 0.05) is 0 Å². The first-order valence-electron chi connectivity index (χ1n) is 10.8. The molecule has 2 aromatic rings. The minimum atomic E-state index is -4.49. The number of aliphatic hydroxyl groups excluding tert-OH is 1. The van der Waals surface area contributed by atoms with Crippen LogP contribution >= 0.6 is 0 Å². The van der Waals surface area contributed by atoms with Gasteiger partial charge in [0.2, 0.25) is 0 Å². The van der Waals surface area contributed by atoms with Gasteiger partial charge in [0.1, 0.15) is 5.60 Å². The molecule has 186 valence electrons. The molecule has 0 saturated heterocycles. The fraction of sp³-hybridized carbons (Fsp3) is 0.440. The number of amides is 1. The number of hydrogen-bond donors (Lipinski definition) is 3. The van der Waals surface area contributed by atoms with Crippen LogP contribution in [0.4, 0.5) is 18.0 Å². The first-order valence-corrected chi connectivity index (χ1v) is 10.8. The Balaban J connectivity index is 2.15. The summed E-state index contributed by atoms with van der Waals surface area (Å²) in [4.78, 5) is 24.2. The number of halogens is 3. The van der Waals surface area contributed by atoms with Crippen LogP contribution in [0.2, 0.25) is 0 Å². The molecule has 0 fully saturated rings.